The average Bonchev–Trinajstić information content (AvgIpc) is 2.52. The molecule has 1 aliphatic heterocycles. The molecule has 8 nitrogen and oxygen atoms in total. The number of hydrogen-bond donors (Lipinski definition) is 2. The van der Waals surface area contributed by atoms with Gasteiger partial charge in [0.2, 0.25) is 0 Å². The molecule has 0 aromatic carbocycles. The van der Waals surface area contributed by atoms with E-state index in [4.69, 9.17) is 4.74 Å². The zero-order chi connectivity index (χ0) is 15.7. The summed E-state index contributed by atoms with van der Waals surface area (Å²) >= 11 is 0. The molecule has 114 valence electrons. The molecule has 0 bridgehead atoms. The van der Waals surface area contributed by atoms with Crippen LogP contribution < -0.4 is 0 Å². The van der Waals surface area contributed by atoms with Crippen molar-refractivity contribution >= 4 is 18.0 Å². The van der Waals surface area contributed by atoms with E-state index in [0.717, 1.165) is 7.11 Å². The Hall–Kier alpha value is -1.67. The van der Waals surface area contributed by atoms with Crippen LogP contribution in [-0.2, 0) is 19.1 Å². The van der Waals surface area contributed by atoms with Crippen LogP contribution in [0.15, 0.2) is 0 Å². The van der Waals surface area contributed by atoms with Crippen molar-refractivity contribution in [3.05, 3.63) is 0 Å². The molecule has 1 heterocycles. The summed E-state index contributed by atoms with van der Waals surface area (Å²) in [6.07, 6.45) is -4.77. The molecule has 1 saturated heterocycles. The predicted molar refractivity (Wildman–Crippen MR) is 65.5 cm³/mol. The van der Waals surface area contributed by atoms with Gasteiger partial charge in [0.1, 0.15) is 11.7 Å². The van der Waals surface area contributed by atoms with Crippen LogP contribution >= 0.6 is 0 Å². The Morgan fingerprint density at radius 2 is 1.85 bits per heavy atom. The number of nitrogens with zero attached hydrogens (tertiary/aromatic N) is 1. The summed E-state index contributed by atoms with van der Waals surface area (Å²) in [5.41, 5.74) is -0.855. The Balaban J connectivity index is 2.96. The molecule has 3 atom stereocenters. The summed E-state index contributed by atoms with van der Waals surface area (Å²) in [6.45, 7) is 4.81. The van der Waals surface area contributed by atoms with Crippen molar-refractivity contribution < 1.29 is 34.1 Å². The molecule has 0 saturated carbocycles. The second-order valence-corrected chi connectivity index (χ2v) is 5.47. The monoisotopic (exact) mass is 289 g/mol. The fourth-order valence-corrected chi connectivity index (χ4v) is 1.82. The maximum absolute atomic E-state index is 12.0. The highest BCUT2D eigenvalue weighted by Gasteiger charge is 2.51. The fourth-order valence-electron chi connectivity index (χ4n) is 1.82. The number of imide groups is 1. The number of hydrogen-bond acceptors (Lipinski definition) is 7. The van der Waals surface area contributed by atoms with Crippen molar-refractivity contribution in [2.24, 2.45) is 0 Å². The van der Waals surface area contributed by atoms with Crippen LogP contribution in [0.25, 0.3) is 0 Å². The Bertz CT molecular complexity index is 415. The molecule has 1 rings (SSSR count). The molecule has 20 heavy (non-hydrogen) atoms. The van der Waals surface area contributed by atoms with Gasteiger partial charge >= 0.3 is 12.1 Å². The second kappa shape index (κ2) is 5.76. The van der Waals surface area contributed by atoms with Gasteiger partial charge < -0.3 is 19.7 Å². The van der Waals surface area contributed by atoms with Gasteiger partial charge in [-0.25, -0.2) is 9.69 Å². The number of likely N-dealkylation sites (tertiary alicyclic amines) is 1. The van der Waals surface area contributed by atoms with Crippen LogP contribution in [0.3, 0.4) is 0 Å². The van der Waals surface area contributed by atoms with Crippen molar-refractivity contribution in [3.8, 4) is 0 Å². The van der Waals surface area contributed by atoms with E-state index in [1.165, 1.54) is 0 Å². The summed E-state index contributed by atoms with van der Waals surface area (Å²) in [5.74, 6) is -1.72. The highest BCUT2D eigenvalue weighted by Crippen LogP contribution is 2.25. The third kappa shape index (κ3) is 3.45. The lowest BCUT2D eigenvalue weighted by molar-refractivity contribution is -0.142. The molecule has 1 aliphatic rings. The van der Waals surface area contributed by atoms with Gasteiger partial charge in [-0.05, 0) is 20.8 Å². The Labute approximate surface area is 116 Å². The van der Waals surface area contributed by atoms with Crippen molar-refractivity contribution in [2.75, 3.05) is 7.11 Å². The lowest BCUT2D eigenvalue weighted by Crippen LogP contribution is -2.45. The second-order valence-electron chi connectivity index (χ2n) is 5.47. The van der Waals surface area contributed by atoms with Gasteiger partial charge in [-0.1, -0.05) is 0 Å². The summed E-state index contributed by atoms with van der Waals surface area (Å²) in [5, 5.41) is 19.3. The minimum atomic E-state index is -1.77. The van der Waals surface area contributed by atoms with Crippen LogP contribution in [0.5, 0.6) is 0 Å². The highest BCUT2D eigenvalue weighted by atomic mass is 16.6. The molecule has 0 radical (unpaired) electrons. The molecule has 1 fully saturated rings. The number of aliphatic hydroxyl groups excluding tert-OH is 2. The van der Waals surface area contributed by atoms with Crippen molar-refractivity contribution in [3.63, 3.8) is 0 Å². The summed E-state index contributed by atoms with van der Waals surface area (Å²) < 4.78 is 9.46. The van der Waals surface area contributed by atoms with E-state index in [2.05, 4.69) is 4.74 Å². The number of carbonyl (C=O) groups excluding carboxylic acids is 3. The van der Waals surface area contributed by atoms with Crippen LogP contribution in [-0.4, -0.2) is 64.0 Å². The molecule has 2 amide bonds. The lowest BCUT2D eigenvalue weighted by atomic mass is 10.1. The predicted octanol–water partition coefficient (Wildman–Crippen LogP) is -0.583. The van der Waals surface area contributed by atoms with Crippen LogP contribution in [0.1, 0.15) is 27.2 Å². The maximum Gasteiger partial charge on any atom is 0.417 e. The van der Waals surface area contributed by atoms with Gasteiger partial charge in [0.15, 0.2) is 6.10 Å². The number of esters is 1. The van der Waals surface area contributed by atoms with Crippen molar-refractivity contribution in [1.29, 1.82) is 0 Å². The largest absolute Gasteiger partial charge is 0.469 e. The van der Waals surface area contributed by atoms with Gasteiger partial charge in [-0.15, -0.1) is 0 Å². The average molecular weight is 289 g/mol. The van der Waals surface area contributed by atoms with E-state index < -0.39 is 48.2 Å². The first-order valence-corrected chi connectivity index (χ1v) is 6.07. The summed E-state index contributed by atoms with van der Waals surface area (Å²) in [7, 11) is 1.14. The number of methoxy groups -OCH3 is 1. The smallest absolute Gasteiger partial charge is 0.417 e. The van der Waals surface area contributed by atoms with Crippen molar-refractivity contribution in [1.82, 2.24) is 4.90 Å². The normalized spacial score (nSPS) is 26.6. The molecule has 8 heteroatoms. The molecule has 0 spiro atoms. The zero-order valence-corrected chi connectivity index (χ0v) is 11.8. The summed E-state index contributed by atoms with van der Waals surface area (Å²) in [4.78, 5) is 35.6. The fraction of sp³-hybridized carbons (Fsp3) is 0.750. The Morgan fingerprint density at radius 3 is 2.30 bits per heavy atom. The first-order chi connectivity index (χ1) is 9.08. The highest BCUT2D eigenvalue weighted by molar-refractivity contribution is 5.98. The quantitative estimate of drug-likeness (QED) is 0.653. The molecule has 0 aromatic rings. The lowest BCUT2D eigenvalue weighted by Gasteiger charge is -2.27. The number of amides is 2. The van der Waals surface area contributed by atoms with Crippen LogP contribution in [0.2, 0.25) is 0 Å². The molecular formula is C12H19NO7. The molecule has 0 aliphatic carbocycles. The Morgan fingerprint density at radius 1 is 1.30 bits per heavy atom. The Kier molecular flexibility index (Phi) is 4.72. The van der Waals surface area contributed by atoms with Crippen LogP contribution in [0, 0.1) is 0 Å². The number of ether oxygens (including phenoxy) is 2. The van der Waals surface area contributed by atoms with Gasteiger partial charge in [-0.2, -0.15) is 0 Å². The standard InChI is InChI=1S/C12H19NO7/c1-12(2,3)20-11(18)13-6(5-7(14)19-4)8(15)9(16)10(13)17/h6,8-9,15-16H,5H2,1-4H3/t6-,8-,9-/m0/s1. The third-order valence-electron chi connectivity index (χ3n) is 2.73. The van der Waals surface area contributed by atoms with Crippen molar-refractivity contribution in [2.45, 2.75) is 51.0 Å². The van der Waals surface area contributed by atoms with Gasteiger partial charge in [0.25, 0.3) is 5.91 Å². The summed E-state index contributed by atoms with van der Waals surface area (Å²) in [6, 6.07) is -1.21. The van der Waals surface area contributed by atoms with E-state index in [1.807, 2.05) is 0 Å². The minimum Gasteiger partial charge on any atom is -0.469 e. The number of aliphatic hydroxyl groups is 2. The number of carbonyl (C=O) groups is 3. The molecular weight excluding hydrogens is 270 g/mol. The minimum absolute atomic E-state index is 0.417. The van der Waals surface area contributed by atoms with E-state index >= 15 is 0 Å². The van der Waals surface area contributed by atoms with E-state index in [1.54, 1.807) is 20.8 Å². The zero-order valence-electron chi connectivity index (χ0n) is 11.8. The maximum atomic E-state index is 12.0. The molecule has 0 aromatic heterocycles. The first-order valence-electron chi connectivity index (χ1n) is 6.07. The van der Waals surface area contributed by atoms with Gasteiger partial charge in [0.05, 0.1) is 19.6 Å². The van der Waals surface area contributed by atoms with Gasteiger partial charge in [-0.3, -0.25) is 9.59 Å². The topological polar surface area (TPSA) is 113 Å². The first kappa shape index (κ1) is 16.4. The molecule has 0 unspecified atom stereocenters. The van der Waals surface area contributed by atoms with E-state index in [0.29, 0.717) is 4.90 Å². The number of rotatable bonds is 2. The third-order valence-corrected chi connectivity index (χ3v) is 2.73. The van der Waals surface area contributed by atoms with Crippen LogP contribution in [0.4, 0.5) is 4.79 Å². The SMILES string of the molecule is COC(=O)C[C@H]1[C@H](O)[C@H](O)C(=O)N1C(=O)OC(C)(C)C. The van der Waals surface area contributed by atoms with E-state index in [-0.39, 0.29) is 0 Å². The van der Waals surface area contributed by atoms with E-state index in [9.17, 15) is 24.6 Å². The van der Waals surface area contributed by atoms with Gasteiger partial charge in [0, 0.05) is 0 Å². The molecule has 2 N–H and O–H groups in total.